The first kappa shape index (κ1) is 25.4. The monoisotopic (exact) mass is 410 g/mol. The Morgan fingerprint density at radius 1 is 1.07 bits per heavy atom. The lowest BCUT2D eigenvalue weighted by Crippen LogP contribution is -2.41. The highest BCUT2D eigenvalue weighted by Gasteiger charge is 2.50. The first-order valence-corrected chi connectivity index (χ1v) is 11.0. The van der Waals surface area contributed by atoms with Crippen LogP contribution in [0, 0.1) is 0 Å². The van der Waals surface area contributed by atoms with E-state index < -0.39 is 30.3 Å². The van der Waals surface area contributed by atoms with Gasteiger partial charge in [0.25, 0.3) is 0 Å². The van der Waals surface area contributed by atoms with Gasteiger partial charge >= 0.3 is 11.9 Å². The van der Waals surface area contributed by atoms with Gasteiger partial charge in [0.05, 0.1) is 19.3 Å². The van der Waals surface area contributed by atoms with Crippen molar-refractivity contribution in [3.8, 4) is 0 Å². The van der Waals surface area contributed by atoms with Gasteiger partial charge < -0.3 is 19.7 Å². The highest BCUT2D eigenvalue weighted by Crippen LogP contribution is 2.33. The predicted molar refractivity (Wildman–Crippen MR) is 112 cm³/mol. The normalized spacial score (nSPS) is 23.1. The Morgan fingerprint density at radius 3 is 2.14 bits per heavy atom. The molecular weight excluding hydrogens is 372 g/mol. The third kappa shape index (κ3) is 8.70. The molecule has 1 aliphatic heterocycles. The van der Waals surface area contributed by atoms with Crippen LogP contribution in [0.3, 0.4) is 0 Å². The molecule has 0 unspecified atom stereocenters. The van der Waals surface area contributed by atoms with Gasteiger partial charge in [-0.3, -0.25) is 0 Å². The molecule has 0 aliphatic carbocycles. The zero-order chi connectivity index (χ0) is 21.5. The average molecular weight is 411 g/mol. The Labute approximate surface area is 175 Å². The summed E-state index contributed by atoms with van der Waals surface area (Å²) in [5, 5.41) is 20.1. The topological polar surface area (TPSA) is 93.1 Å². The Balaban J connectivity index is 2.31. The number of carbonyl (C=O) groups is 2. The molecule has 1 aliphatic rings. The molecular formula is C23H38O6. The van der Waals surface area contributed by atoms with Crippen molar-refractivity contribution in [3.63, 3.8) is 0 Å². The number of methoxy groups -OCH3 is 1. The maximum Gasteiger partial charge on any atom is 0.337 e. The van der Waals surface area contributed by atoms with E-state index in [0.717, 1.165) is 18.9 Å². The van der Waals surface area contributed by atoms with Crippen LogP contribution in [0.5, 0.6) is 0 Å². The lowest BCUT2D eigenvalue weighted by atomic mass is 9.93. The highest BCUT2D eigenvalue weighted by molar-refractivity contribution is 5.93. The molecule has 6 heteroatoms. The van der Waals surface area contributed by atoms with Gasteiger partial charge in [0, 0.05) is 6.08 Å². The Morgan fingerprint density at radius 2 is 1.62 bits per heavy atom. The van der Waals surface area contributed by atoms with E-state index in [9.17, 15) is 19.8 Å². The molecule has 0 amide bonds. The van der Waals surface area contributed by atoms with Crippen molar-refractivity contribution in [1.82, 2.24) is 0 Å². The first-order chi connectivity index (χ1) is 14.0. The number of ether oxygens (including phenoxy) is 2. The molecule has 2 atom stereocenters. The van der Waals surface area contributed by atoms with Crippen LogP contribution in [0.1, 0.15) is 84.0 Å². The Hall–Kier alpha value is -1.66. The molecule has 1 heterocycles. The maximum atomic E-state index is 12.1. The predicted octanol–water partition coefficient (Wildman–Crippen LogP) is 3.99. The summed E-state index contributed by atoms with van der Waals surface area (Å²) in [6.07, 6.45) is 17.0. The molecule has 1 saturated heterocycles. The summed E-state index contributed by atoms with van der Waals surface area (Å²) in [6, 6.07) is 0. The molecule has 2 N–H and O–H groups in total. The van der Waals surface area contributed by atoms with E-state index >= 15 is 0 Å². The van der Waals surface area contributed by atoms with Crippen LogP contribution < -0.4 is 0 Å². The minimum Gasteiger partial charge on any atom is -0.466 e. The number of hydrogen-bond acceptors (Lipinski definition) is 6. The third-order valence-electron chi connectivity index (χ3n) is 5.40. The van der Waals surface area contributed by atoms with Gasteiger partial charge in [0.1, 0.15) is 6.10 Å². The number of aliphatic hydroxyl groups is 2. The number of unbranched alkanes of at least 4 members (excludes halogenated alkanes) is 11. The number of cyclic esters (lactones) is 1. The number of rotatable bonds is 15. The second-order valence-corrected chi connectivity index (χ2v) is 7.75. The van der Waals surface area contributed by atoms with E-state index in [1.807, 2.05) is 0 Å². The van der Waals surface area contributed by atoms with Crippen molar-refractivity contribution in [1.29, 1.82) is 0 Å². The molecule has 1 fully saturated rings. The van der Waals surface area contributed by atoms with E-state index in [1.54, 1.807) is 6.08 Å². The van der Waals surface area contributed by atoms with Crippen LogP contribution in [0.25, 0.3) is 0 Å². The van der Waals surface area contributed by atoms with E-state index in [0.29, 0.717) is 6.42 Å². The summed E-state index contributed by atoms with van der Waals surface area (Å²) in [7, 11) is 1.22. The molecule has 0 radical (unpaired) electrons. The van der Waals surface area contributed by atoms with Crippen LogP contribution in [0.2, 0.25) is 0 Å². The number of allylic oxidation sites excluding steroid dienone is 1. The van der Waals surface area contributed by atoms with Crippen molar-refractivity contribution < 1.29 is 29.3 Å². The summed E-state index contributed by atoms with van der Waals surface area (Å²) < 4.78 is 9.67. The smallest absolute Gasteiger partial charge is 0.337 e. The standard InChI is InChI=1S/C23H38O6/c1-3-4-5-6-7-8-9-10-11-12-13-14-15-19-21(26)23(18-24,29-22(19)27)17-16-20(25)28-2/h15-17,21,24,26H,3-14,18H2,1-2H3/b17-16+,19-15+/t21-,23-/m0/s1. The van der Waals surface area contributed by atoms with Crippen LogP contribution in [-0.2, 0) is 19.1 Å². The molecule has 0 aromatic carbocycles. The van der Waals surface area contributed by atoms with E-state index in [-0.39, 0.29) is 5.57 Å². The quantitative estimate of drug-likeness (QED) is 0.241. The maximum absolute atomic E-state index is 12.1. The molecule has 6 nitrogen and oxygen atoms in total. The number of carbonyl (C=O) groups excluding carboxylic acids is 2. The van der Waals surface area contributed by atoms with Gasteiger partial charge in [0.15, 0.2) is 5.60 Å². The SMILES string of the molecule is CCCCCCCCCCCCC/C=C1/C(=O)O[C@@](/C=C/C(=O)OC)(CO)[C@H]1O. The molecule has 29 heavy (non-hydrogen) atoms. The molecule has 0 saturated carbocycles. The van der Waals surface area contributed by atoms with Crippen LogP contribution in [0.15, 0.2) is 23.8 Å². The largest absolute Gasteiger partial charge is 0.466 e. The third-order valence-corrected chi connectivity index (χ3v) is 5.40. The first-order valence-electron chi connectivity index (χ1n) is 11.0. The fourth-order valence-corrected chi connectivity index (χ4v) is 3.50. The number of hydrogen-bond donors (Lipinski definition) is 2. The summed E-state index contributed by atoms with van der Waals surface area (Å²) >= 11 is 0. The lowest BCUT2D eigenvalue weighted by molar-refractivity contribution is -0.149. The van der Waals surface area contributed by atoms with Gasteiger partial charge in [-0.05, 0) is 18.9 Å². The number of aliphatic hydroxyl groups excluding tert-OH is 2. The van der Waals surface area contributed by atoms with Gasteiger partial charge in [-0.25, -0.2) is 9.59 Å². The van der Waals surface area contributed by atoms with Crippen LogP contribution >= 0.6 is 0 Å². The second kappa shape index (κ2) is 14.3. The van der Waals surface area contributed by atoms with E-state index in [1.165, 1.54) is 71.0 Å². The summed E-state index contributed by atoms with van der Waals surface area (Å²) in [4.78, 5) is 23.4. The fraction of sp³-hybridized carbons (Fsp3) is 0.739. The minimum atomic E-state index is -1.63. The molecule has 0 aromatic heterocycles. The summed E-state index contributed by atoms with van der Waals surface area (Å²) in [5.74, 6) is -1.32. The van der Waals surface area contributed by atoms with Crippen LogP contribution in [0.4, 0.5) is 0 Å². The van der Waals surface area contributed by atoms with Gasteiger partial charge in [-0.2, -0.15) is 0 Å². The van der Waals surface area contributed by atoms with Gasteiger partial charge in [0.2, 0.25) is 0 Å². The number of esters is 2. The zero-order valence-corrected chi connectivity index (χ0v) is 18.0. The molecule has 0 bridgehead atoms. The summed E-state index contributed by atoms with van der Waals surface area (Å²) in [5.41, 5.74) is -1.49. The van der Waals surface area contributed by atoms with Crippen molar-refractivity contribution in [2.75, 3.05) is 13.7 Å². The van der Waals surface area contributed by atoms with Crippen molar-refractivity contribution in [2.24, 2.45) is 0 Å². The van der Waals surface area contributed by atoms with E-state index in [4.69, 9.17) is 4.74 Å². The van der Waals surface area contributed by atoms with Crippen molar-refractivity contribution in [2.45, 2.75) is 95.7 Å². The molecule has 166 valence electrons. The Kier molecular flexibility index (Phi) is 12.6. The Bertz CT molecular complexity index is 554. The zero-order valence-electron chi connectivity index (χ0n) is 18.0. The van der Waals surface area contributed by atoms with Crippen molar-refractivity contribution >= 4 is 11.9 Å². The highest BCUT2D eigenvalue weighted by atomic mass is 16.6. The van der Waals surface area contributed by atoms with Crippen molar-refractivity contribution in [3.05, 3.63) is 23.8 Å². The molecule has 0 spiro atoms. The van der Waals surface area contributed by atoms with Gasteiger partial charge in [-0.15, -0.1) is 0 Å². The molecule has 1 rings (SSSR count). The minimum absolute atomic E-state index is 0.139. The lowest BCUT2D eigenvalue weighted by Gasteiger charge is -2.24. The summed E-state index contributed by atoms with van der Waals surface area (Å²) in [6.45, 7) is 1.61. The fourth-order valence-electron chi connectivity index (χ4n) is 3.50. The van der Waals surface area contributed by atoms with Crippen LogP contribution in [-0.4, -0.2) is 47.6 Å². The van der Waals surface area contributed by atoms with Gasteiger partial charge in [-0.1, -0.05) is 77.2 Å². The molecule has 0 aromatic rings. The average Bonchev–Trinajstić information content (AvgIpc) is 2.97. The van der Waals surface area contributed by atoms with E-state index in [2.05, 4.69) is 11.7 Å². The second-order valence-electron chi connectivity index (χ2n) is 7.75.